The average Bonchev–Trinajstić information content (AvgIpc) is 3.24. The van der Waals surface area contributed by atoms with Gasteiger partial charge in [-0.05, 0) is 68.4 Å². The van der Waals surface area contributed by atoms with E-state index in [-0.39, 0.29) is 11.8 Å². The molecule has 1 heterocycles. The number of aromatic nitrogens is 2. The van der Waals surface area contributed by atoms with E-state index in [9.17, 15) is 9.59 Å². The zero-order valence-corrected chi connectivity index (χ0v) is 15.8. The summed E-state index contributed by atoms with van der Waals surface area (Å²) in [6.07, 6.45) is 3.36. The lowest BCUT2D eigenvalue weighted by Crippen LogP contribution is -2.24. The van der Waals surface area contributed by atoms with E-state index in [0.29, 0.717) is 23.5 Å². The molecule has 0 fully saturated rings. The molecule has 0 saturated carbocycles. The van der Waals surface area contributed by atoms with E-state index in [2.05, 4.69) is 15.7 Å². The van der Waals surface area contributed by atoms with Crippen molar-refractivity contribution in [3.05, 3.63) is 72.6 Å². The fourth-order valence-corrected chi connectivity index (χ4v) is 2.59. The second-order valence-electron chi connectivity index (χ2n) is 6.14. The summed E-state index contributed by atoms with van der Waals surface area (Å²) in [5.41, 5.74) is 1.78. The number of rotatable bonds is 7. The molecular weight excluding hydrogens is 356 g/mol. The lowest BCUT2D eigenvalue weighted by Gasteiger charge is -2.13. The summed E-state index contributed by atoms with van der Waals surface area (Å²) >= 11 is 0. The minimum atomic E-state index is -0.433. The van der Waals surface area contributed by atoms with Crippen LogP contribution in [0.5, 0.6) is 5.75 Å². The second kappa shape index (κ2) is 8.85. The van der Waals surface area contributed by atoms with Crippen LogP contribution in [-0.2, 0) is 4.79 Å². The standard InChI is InChI=1S/C21H22N4O3/c1-3-28-19-11-9-18(10-12-19)24-21(27)16-5-7-17(8-6-16)23-20(26)15(2)25-14-4-13-22-25/h4-15H,3H2,1-2H3,(H,23,26)(H,24,27). The predicted molar refractivity (Wildman–Crippen MR) is 108 cm³/mol. The summed E-state index contributed by atoms with van der Waals surface area (Å²) in [7, 11) is 0. The average molecular weight is 378 g/mol. The molecular formula is C21H22N4O3. The number of carbonyl (C=O) groups excluding carboxylic acids is 2. The maximum Gasteiger partial charge on any atom is 0.255 e. The number of nitrogens with one attached hydrogen (secondary N) is 2. The highest BCUT2D eigenvalue weighted by atomic mass is 16.5. The van der Waals surface area contributed by atoms with E-state index >= 15 is 0 Å². The predicted octanol–water partition coefficient (Wildman–Crippen LogP) is 3.73. The zero-order valence-electron chi connectivity index (χ0n) is 15.8. The molecule has 2 aromatic carbocycles. The zero-order chi connectivity index (χ0) is 19.9. The van der Waals surface area contributed by atoms with Gasteiger partial charge in [0.15, 0.2) is 0 Å². The number of hydrogen-bond donors (Lipinski definition) is 2. The minimum absolute atomic E-state index is 0.185. The SMILES string of the molecule is CCOc1ccc(NC(=O)c2ccc(NC(=O)C(C)n3cccn3)cc2)cc1. The number of benzene rings is 2. The van der Waals surface area contributed by atoms with Crippen LogP contribution >= 0.6 is 0 Å². The summed E-state index contributed by atoms with van der Waals surface area (Å²) < 4.78 is 6.96. The number of carbonyl (C=O) groups is 2. The first-order valence-electron chi connectivity index (χ1n) is 9.01. The van der Waals surface area contributed by atoms with E-state index in [1.807, 2.05) is 6.92 Å². The van der Waals surface area contributed by atoms with Crippen LogP contribution in [0, 0.1) is 0 Å². The van der Waals surface area contributed by atoms with Gasteiger partial charge in [-0.2, -0.15) is 5.10 Å². The van der Waals surface area contributed by atoms with E-state index < -0.39 is 6.04 Å². The maximum absolute atomic E-state index is 12.4. The Hall–Kier alpha value is -3.61. The fourth-order valence-electron chi connectivity index (χ4n) is 2.59. The highest BCUT2D eigenvalue weighted by Gasteiger charge is 2.15. The van der Waals surface area contributed by atoms with Crippen molar-refractivity contribution in [2.75, 3.05) is 17.2 Å². The minimum Gasteiger partial charge on any atom is -0.494 e. The largest absolute Gasteiger partial charge is 0.494 e. The van der Waals surface area contributed by atoms with Crippen molar-refractivity contribution in [1.29, 1.82) is 0 Å². The molecule has 3 aromatic rings. The quantitative estimate of drug-likeness (QED) is 0.656. The van der Waals surface area contributed by atoms with Gasteiger partial charge in [0.1, 0.15) is 11.8 Å². The monoisotopic (exact) mass is 378 g/mol. The van der Waals surface area contributed by atoms with Crippen LogP contribution in [0.15, 0.2) is 67.0 Å². The molecule has 1 unspecified atom stereocenters. The smallest absolute Gasteiger partial charge is 0.255 e. The Labute approximate surface area is 163 Å². The maximum atomic E-state index is 12.4. The van der Waals surface area contributed by atoms with Gasteiger partial charge in [0.05, 0.1) is 6.61 Å². The van der Waals surface area contributed by atoms with Gasteiger partial charge < -0.3 is 15.4 Å². The summed E-state index contributed by atoms with van der Waals surface area (Å²) in [6.45, 7) is 4.27. The van der Waals surface area contributed by atoms with Crippen molar-refractivity contribution in [3.63, 3.8) is 0 Å². The third-order valence-corrected chi connectivity index (χ3v) is 4.14. The van der Waals surface area contributed by atoms with Crippen molar-refractivity contribution >= 4 is 23.2 Å². The number of ether oxygens (including phenoxy) is 1. The number of hydrogen-bond acceptors (Lipinski definition) is 4. The lowest BCUT2D eigenvalue weighted by atomic mass is 10.2. The molecule has 1 atom stereocenters. The van der Waals surface area contributed by atoms with Gasteiger partial charge in [-0.3, -0.25) is 14.3 Å². The van der Waals surface area contributed by atoms with Crippen molar-refractivity contribution in [3.8, 4) is 5.75 Å². The Balaban J connectivity index is 1.58. The highest BCUT2D eigenvalue weighted by molar-refractivity contribution is 6.04. The molecule has 28 heavy (non-hydrogen) atoms. The molecule has 3 rings (SSSR count). The van der Waals surface area contributed by atoms with E-state index in [1.54, 1.807) is 78.6 Å². The molecule has 7 nitrogen and oxygen atoms in total. The Morgan fingerprint density at radius 2 is 1.68 bits per heavy atom. The summed E-state index contributed by atoms with van der Waals surface area (Å²) in [5.74, 6) is 0.340. The van der Waals surface area contributed by atoms with Crippen LogP contribution in [0.1, 0.15) is 30.2 Å². The summed E-state index contributed by atoms with van der Waals surface area (Å²) in [5, 5.41) is 9.72. The molecule has 2 amide bonds. The molecule has 0 radical (unpaired) electrons. The first kappa shape index (κ1) is 19.2. The molecule has 2 N–H and O–H groups in total. The molecule has 0 bridgehead atoms. The Morgan fingerprint density at radius 3 is 2.29 bits per heavy atom. The van der Waals surface area contributed by atoms with E-state index in [0.717, 1.165) is 5.75 Å². The van der Waals surface area contributed by atoms with Gasteiger partial charge in [0.25, 0.3) is 5.91 Å². The first-order chi connectivity index (χ1) is 13.6. The third-order valence-electron chi connectivity index (χ3n) is 4.14. The van der Waals surface area contributed by atoms with Gasteiger partial charge >= 0.3 is 0 Å². The number of nitrogens with zero attached hydrogens (tertiary/aromatic N) is 2. The number of amides is 2. The summed E-state index contributed by atoms with van der Waals surface area (Å²) in [6, 6.07) is 15.2. The fraction of sp³-hybridized carbons (Fsp3) is 0.190. The van der Waals surface area contributed by atoms with Crippen molar-refractivity contribution in [1.82, 2.24) is 9.78 Å². The molecule has 144 valence electrons. The van der Waals surface area contributed by atoms with Crippen LogP contribution in [0.3, 0.4) is 0 Å². The van der Waals surface area contributed by atoms with Crippen LogP contribution in [-0.4, -0.2) is 28.2 Å². The molecule has 0 aliphatic rings. The van der Waals surface area contributed by atoms with Gasteiger partial charge in [0, 0.05) is 29.3 Å². The van der Waals surface area contributed by atoms with Gasteiger partial charge in [0.2, 0.25) is 5.91 Å². The molecule has 1 aromatic heterocycles. The normalized spacial score (nSPS) is 11.5. The van der Waals surface area contributed by atoms with Gasteiger partial charge in [-0.25, -0.2) is 0 Å². The van der Waals surface area contributed by atoms with Crippen molar-refractivity contribution in [2.24, 2.45) is 0 Å². The van der Waals surface area contributed by atoms with Crippen molar-refractivity contribution < 1.29 is 14.3 Å². The molecule has 0 saturated heterocycles. The van der Waals surface area contributed by atoms with Crippen LogP contribution in [0.4, 0.5) is 11.4 Å². The lowest BCUT2D eigenvalue weighted by molar-refractivity contribution is -0.119. The van der Waals surface area contributed by atoms with Gasteiger partial charge in [-0.1, -0.05) is 0 Å². The second-order valence-corrected chi connectivity index (χ2v) is 6.14. The Morgan fingerprint density at radius 1 is 1.04 bits per heavy atom. The highest BCUT2D eigenvalue weighted by Crippen LogP contribution is 2.17. The van der Waals surface area contributed by atoms with Crippen LogP contribution in [0.25, 0.3) is 0 Å². The first-order valence-corrected chi connectivity index (χ1v) is 9.01. The Kier molecular flexibility index (Phi) is 6.06. The summed E-state index contributed by atoms with van der Waals surface area (Å²) in [4.78, 5) is 24.7. The van der Waals surface area contributed by atoms with Crippen LogP contribution < -0.4 is 15.4 Å². The van der Waals surface area contributed by atoms with Gasteiger partial charge in [-0.15, -0.1) is 0 Å². The third kappa shape index (κ3) is 4.76. The Bertz CT molecular complexity index is 919. The van der Waals surface area contributed by atoms with Crippen LogP contribution in [0.2, 0.25) is 0 Å². The van der Waals surface area contributed by atoms with Crippen molar-refractivity contribution in [2.45, 2.75) is 19.9 Å². The van der Waals surface area contributed by atoms with E-state index in [4.69, 9.17) is 4.74 Å². The number of anilines is 2. The topological polar surface area (TPSA) is 85.3 Å². The molecule has 7 heteroatoms. The van der Waals surface area contributed by atoms with E-state index in [1.165, 1.54) is 0 Å². The molecule has 0 spiro atoms. The molecule has 0 aliphatic carbocycles. The molecule has 0 aliphatic heterocycles.